The average Bonchev–Trinajstić information content (AvgIpc) is 1.89. The predicted molar refractivity (Wildman–Crippen MR) is 48.5 cm³/mol. The lowest BCUT2D eigenvalue weighted by Crippen LogP contribution is -2.51. The average molecular weight is 158 g/mol. The van der Waals surface area contributed by atoms with Crippen molar-refractivity contribution in [1.82, 2.24) is 0 Å². The number of morpholine rings is 1. The molecule has 2 heteroatoms. The fourth-order valence-corrected chi connectivity index (χ4v) is 1.28. The third kappa shape index (κ3) is 3.04. The van der Waals surface area contributed by atoms with Crippen LogP contribution in [0.25, 0.3) is 0 Å². The van der Waals surface area contributed by atoms with Crippen LogP contribution in [0.1, 0.15) is 7.43 Å². The van der Waals surface area contributed by atoms with Gasteiger partial charge in [0.1, 0.15) is 13.1 Å². The number of rotatable bonds is 2. The first-order valence-corrected chi connectivity index (χ1v) is 3.79. The van der Waals surface area contributed by atoms with Gasteiger partial charge in [-0.15, -0.1) is 0 Å². The molecule has 0 aromatic rings. The van der Waals surface area contributed by atoms with Crippen molar-refractivity contribution in [2.24, 2.45) is 0 Å². The molecule has 0 aliphatic carbocycles. The van der Waals surface area contributed by atoms with E-state index in [2.05, 4.69) is 13.6 Å². The summed E-state index contributed by atoms with van der Waals surface area (Å²) in [6.45, 7) is 8.89. The van der Waals surface area contributed by atoms with Gasteiger partial charge in [0.25, 0.3) is 0 Å². The summed E-state index contributed by atoms with van der Waals surface area (Å²) in [6.07, 6.45) is 1.99. The number of quaternary nitrogens is 1. The maximum absolute atomic E-state index is 5.26. The van der Waals surface area contributed by atoms with Gasteiger partial charge < -0.3 is 9.22 Å². The van der Waals surface area contributed by atoms with Gasteiger partial charge in [0.2, 0.25) is 0 Å². The van der Waals surface area contributed by atoms with E-state index in [1.165, 1.54) is 0 Å². The largest absolute Gasteiger partial charge is 0.370 e. The third-order valence-corrected chi connectivity index (χ3v) is 2.12. The molecule has 0 aromatic heterocycles. The quantitative estimate of drug-likeness (QED) is 0.434. The first-order valence-electron chi connectivity index (χ1n) is 3.79. The molecule has 1 fully saturated rings. The second-order valence-corrected chi connectivity index (χ2v) is 3.15. The molecular formula is C9H20NO+. The summed E-state index contributed by atoms with van der Waals surface area (Å²) in [5, 5.41) is 0. The van der Waals surface area contributed by atoms with Crippen molar-refractivity contribution >= 4 is 0 Å². The highest BCUT2D eigenvalue weighted by atomic mass is 16.5. The number of nitrogens with zero attached hydrogens (tertiary/aromatic N) is 1. The number of hydrogen-bond donors (Lipinski definition) is 0. The van der Waals surface area contributed by atoms with Crippen LogP contribution in [0.5, 0.6) is 0 Å². The van der Waals surface area contributed by atoms with Gasteiger partial charge in [0.05, 0.1) is 26.8 Å². The fourth-order valence-electron chi connectivity index (χ4n) is 1.28. The van der Waals surface area contributed by atoms with Crippen LogP contribution in [0.15, 0.2) is 12.7 Å². The Balaban J connectivity index is 0.000001000. The number of likely N-dealkylation sites (N-methyl/N-ethyl adjacent to an activating group) is 1. The molecule has 0 N–H and O–H groups in total. The van der Waals surface area contributed by atoms with E-state index < -0.39 is 0 Å². The van der Waals surface area contributed by atoms with E-state index >= 15 is 0 Å². The molecule has 1 heterocycles. The lowest BCUT2D eigenvalue weighted by atomic mass is 10.3. The lowest BCUT2D eigenvalue weighted by Gasteiger charge is -2.36. The number of hydrogen-bond acceptors (Lipinski definition) is 1. The van der Waals surface area contributed by atoms with Crippen LogP contribution in [0, 0.1) is 0 Å². The summed E-state index contributed by atoms with van der Waals surface area (Å²) in [4.78, 5) is 0. The van der Waals surface area contributed by atoms with Crippen molar-refractivity contribution in [1.29, 1.82) is 0 Å². The Labute approximate surface area is 70.1 Å². The van der Waals surface area contributed by atoms with Crippen LogP contribution in [0.2, 0.25) is 0 Å². The second kappa shape index (κ2) is 4.52. The van der Waals surface area contributed by atoms with E-state index in [-0.39, 0.29) is 7.43 Å². The highest BCUT2D eigenvalue weighted by Gasteiger charge is 2.22. The van der Waals surface area contributed by atoms with Crippen molar-refractivity contribution in [3.05, 3.63) is 12.7 Å². The van der Waals surface area contributed by atoms with Crippen LogP contribution in [-0.4, -0.2) is 44.4 Å². The molecule has 0 bridgehead atoms. The Morgan fingerprint density at radius 1 is 1.45 bits per heavy atom. The van der Waals surface area contributed by atoms with Gasteiger partial charge in [-0.25, -0.2) is 0 Å². The topological polar surface area (TPSA) is 9.23 Å². The van der Waals surface area contributed by atoms with Gasteiger partial charge >= 0.3 is 0 Å². The summed E-state index contributed by atoms with van der Waals surface area (Å²) in [5.74, 6) is 0. The zero-order valence-corrected chi connectivity index (χ0v) is 6.68. The molecule has 11 heavy (non-hydrogen) atoms. The van der Waals surface area contributed by atoms with Gasteiger partial charge in [-0.3, -0.25) is 0 Å². The molecule has 0 atom stereocenters. The molecule has 0 aromatic carbocycles. The Morgan fingerprint density at radius 3 is 2.45 bits per heavy atom. The number of ether oxygens (including phenoxy) is 1. The van der Waals surface area contributed by atoms with Crippen LogP contribution in [0.3, 0.4) is 0 Å². The van der Waals surface area contributed by atoms with Crippen molar-refractivity contribution in [2.45, 2.75) is 7.43 Å². The lowest BCUT2D eigenvalue weighted by molar-refractivity contribution is -0.911. The fraction of sp³-hybridized carbons (Fsp3) is 0.778. The highest BCUT2D eigenvalue weighted by Crippen LogP contribution is 2.06. The summed E-state index contributed by atoms with van der Waals surface area (Å²) >= 11 is 0. The molecular weight excluding hydrogens is 138 g/mol. The second-order valence-electron chi connectivity index (χ2n) is 3.15. The van der Waals surface area contributed by atoms with Gasteiger partial charge in [0.15, 0.2) is 0 Å². The molecule has 66 valence electrons. The Morgan fingerprint density at radius 2 is 2.00 bits per heavy atom. The molecule has 0 unspecified atom stereocenters. The Hall–Kier alpha value is -0.340. The minimum atomic E-state index is 0. The summed E-state index contributed by atoms with van der Waals surface area (Å²) in [5.41, 5.74) is 0. The molecule has 0 radical (unpaired) electrons. The third-order valence-electron chi connectivity index (χ3n) is 2.12. The first kappa shape index (κ1) is 10.7. The van der Waals surface area contributed by atoms with E-state index in [1.54, 1.807) is 0 Å². The molecule has 1 aliphatic rings. The van der Waals surface area contributed by atoms with E-state index in [0.717, 1.165) is 37.3 Å². The van der Waals surface area contributed by atoms with E-state index in [4.69, 9.17) is 4.74 Å². The minimum absolute atomic E-state index is 0. The van der Waals surface area contributed by atoms with Crippen molar-refractivity contribution in [2.75, 3.05) is 39.9 Å². The molecule has 0 saturated carbocycles. The SMILES string of the molecule is C.C=CC[N+]1(C)CCOCC1. The summed E-state index contributed by atoms with van der Waals surface area (Å²) < 4.78 is 6.36. The first-order chi connectivity index (χ1) is 4.77. The minimum Gasteiger partial charge on any atom is -0.370 e. The van der Waals surface area contributed by atoms with Gasteiger partial charge in [-0.05, 0) is 6.08 Å². The van der Waals surface area contributed by atoms with E-state index in [0.29, 0.717) is 0 Å². The van der Waals surface area contributed by atoms with Crippen molar-refractivity contribution in [3.8, 4) is 0 Å². The van der Waals surface area contributed by atoms with Gasteiger partial charge in [-0.1, -0.05) is 14.0 Å². The maximum atomic E-state index is 5.26. The molecule has 1 rings (SSSR count). The van der Waals surface area contributed by atoms with Crippen molar-refractivity contribution < 1.29 is 9.22 Å². The maximum Gasteiger partial charge on any atom is 0.102 e. The molecule has 2 nitrogen and oxygen atoms in total. The van der Waals surface area contributed by atoms with Crippen LogP contribution >= 0.6 is 0 Å². The Bertz CT molecular complexity index is 117. The zero-order chi connectivity index (χ0) is 7.45. The molecule has 0 amide bonds. The smallest absolute Gasteiger partial charge is 0.102 e. The monoisotopic (exact) mass is 158 g/mol. The molecule has 1 aliphatic heterocycles. The standard InChI is InChI=1S/C8H16NO.CH4/c1-3-4-9(2)5-7-10-8-6-9;/h3H,1,4-8H2,2H3;1H4/q+1;. The summed E-state index contributed by atoms with van der Waals surface area (Å²) in [6, 6.07) is 0. The summed E-state index contributed by atoms with van der Waals surface area (Å²) in [7, 11) is 2.25. The van der Waals surface area contributed by atoms with Gasteiger partial charge in [0, 0.05) is 0 Å². The highest BCUT2D eigenvalue weighted by molar-refractivity contribution is 4.66. The van der Waals surface area contributed by atoms with Crippen LogP contribution in [0.4, 0.5) is 0 Å². The van der Waals surface area contributed by atoms with Crippen LogP contribution in [-0.2, 0) is 4.74 Å². The van der Waals surface area contributed by atoms with Crippen molar-refractivity contribution in [3.63, 3.8) is 0 Å². The predicted octanol–water partition coefficient (Wildman–Crippen LogP) is 1.29. The van der Waals surface area contributed by atoms with Crippen LogP contribution < -0.4 is 0 Å². The van der Waals surface area contributed by atoms with Gasteiger partial charge in [-0.2, -0.15) is 0 Å². The zero-order valence-electron chi connectivity index (χ0n) is 6.68. The van der Waals surface area contributed by atoms with E-state index in [9.17, 15) is 0 Å². The molecule has 1 saturated heterocycles. The molecule has 0 spiro atoms. The Kier molecular flexibility index (Phi) is 4.38. The van der Waals surface area contributed by atoms with E-state index in [1.807, 2.05) is 6.08 Å². The normalized spacial score (nSPS) is 21.9.